The molecule has 0 atom stereocenters. The van der Waals surface area contributed by atoms with Crippen molar-refractivity contribution in [3.63, 3.8) is 0 Å². The summed E-state index contributed by atoms with van der Waals surface area (Å²) < 4.78 is 5.36. The molecule has 9 heteroatoms. The molecule has 0 fully saturated rings. The van der Waals surface area contributed by atoms with E-state index in [1.54, 1.807) is 48.5 Å². The lowest BCUT2D eigenvalue weighted by Crippen LogP contribution is -2.17. The van der Waals surface area contributed by atoms with Gasteiger partial charge in [-0.1, -0.05) is 35.5 Å². The molecule has 1 heterocycles. The lowest BCUT2D eigenvalue weighted by Gasteiger charge is -2.07. The van der Waals surface area contributed by atoms with Gasteiger partial charge in [0.2, 0.25) is 5.91 Å². The molecule has 0 aliphatic carbocycles. The molecule has 3 aromatic rings. The number of nitrogens with zero attached hydrogens (tertiary/aromatic N) is 2. The number of nitrogens with one attached hydrogen (secondary N) is 2. The van der Waals surface area contributed by atoms with Crippen LogP contribution in [-0.2, 0) is 4.79 Å². The van der Waals surface area contributed by atoms with E-state index in [-0.39, 0.29) is 28.1 Å². The number of carbonyl (C=O) groups excluding carboxylic acids is 1. The fraction of sp³-hybridized carbons (Fsp3) is 0.158. The van der Waals surface area contributed by atoms with Gasteiger partial charge in [0.05, 0.1) is 12.4 Å². The summed E-state index contributed by atoms with van der Waals surface area (Å²) in [5, 5.41) is 11.5. The van der Waals surface area contributed by atoms with Crippen molar-refractivity contribution in [1.82, 2.24) is 15.2 Å². The number of aromatic amines is 1. The predicted molar refractivity (Wildman–Crippen MR) is 110 cm³/mol. The van der Waals surface area contributed by atoms with E-state index in [1.807, 2.05) is 6.92 Å². The highest BCUT2D eigenvalue weighted by molar-refractivity contribution is 7.99. The molecule has 2 aromatic carbocycles. The molecule has 3 rings (SSSR count). The van der Waals surface area contributed by atoms with Crippen LogP contribution in [0.1, 0.15) is 6.92 Å². The largest absolute Gasteiger partial charge is 0.494 e. The average molecular weight is 417 g/mol. The summed E-state index contributed by atoms with van der Waals surface area (Å²) in [6.45, 7) is 2.49. The minimum atomic E-state index is -0.383. The molecule has 28 heavy (non-hydrogen) atoms. The van der Waals surface area contributed by atoms with Gasteiger partial charge in [0.15, 0.2) is 10.9 Å². The van der Waals surface area contributed by atoms with Crippen LogP contribution in [0.4, 0.5) is 5.69 Å². The first kappa shape index (κ1) is 19.9. The number of amides is 1. The summed E-state index contributed by atoms with van der Waals surface area (Å²) >= 11 is 6.94. The third-order valence-corrected chi connectivity index (χ3v) is 4.70. The van der Waals surface area contributed by atoms with E-state index in [9.17, 15) is 9.59 Å². The van der Waals surface area contributed by atoms with E-state index in [0.717, 1.165) is 17.5 Å². The zero-order valence-corrected chi connectivity index (χ0v) is 16.5. The topological polar surface area (TPSA) is 97.0 Å². The second kappa shape index (κ2) is 9.38. The third-order valence-electron chi connectivity index (χ3n) is 3.58. The fourth-order valence-electron chi connectivity index (χ4n) is 2.32. The van der Waals surface area contributed by atoms with Crippen molar-refractivity contribution in [1.29, 1.82) is 0 Å². The number of anilines is 1. The number of aromatic nitrogens is 3. The fourth-order valence-corrected chi connectivity index (χ4v) is 3.05. The molecule has 0 spiro atoms. The first-order valence-electron chi connectivity index (χ1n) is 8.43. The number of H-pyrrole nitrogens is 1. The molecule has 7 nitrogen and oxygen atoms in total. The van der Waals surface area contributed by atoms with Crippen LogP contribution in [0.15, 0.2) is 58.5 Å². The molecule has 0 radical (unpaired) electrons. The van der Waals surface area contributed by atoms with E-state index < -0.39 is 0 Å². The Balaban J connectivity index is 1.58. The Bertz CT molecular complexity index is 1010. The maximum absolute atomic E-state index is 12.2. The van der Waals surface area contributed by atoms with E-state index in [4.69, 9.17) is 16.3 Å². The van der Waals surface area contributed by atoms with E-state index in [2.05, 4.69) is 20.5 Å². The number of rotatable bonds is 7. The normalized spacial score (nSPS) is 10.5. The number of thioether (sulfide) groups is 1. The second-order valence-electron chi connectivity index (χ2n) is 5.61. The number of hydrogen-bond acceptors (Lipinski definition) is 6. The molecule has 0 aliphatic heterocycles. The van der Waals surface area contributed by atoms with Crippen molar-refractivity contribution in [2.45, 2.75) is 12.1 Å². The van der Waals surface area contributed by atoms with Crippen LogP contribution in [0.2, 0.25) is 5.02 Å². The van der Waals surface area contributed by atoms with E-state index in [1.165, 1.54) is 0 Å². The Morgan fingerprint density at radius 2 is 1.86 bits per heavy atom. The molecule has 1 amide bonds. The van der Waals surface area contributed by atoms with Gasteiger partial charge in [-0.15, -0.1) is 10.2 Å². The maximum Gasteiger partial charge on any atom is 0.278 e. The molecular weight excluding hydrogens is 400 g/mol. The van der Waals surface area contributed by atoms with Crippen molar-refractivity contribution < 1.29 is 9.53 Å². The Hall–Kier alpha value is -2.84. The summed E-state index contributed by atoms with van der Waals surface area (Å²) in [4.78, 5) is 26.9. The minimum absolute atomic E-state index is 0.0815. The van der Waals surface area contributed by atoms with Gasteiger partial charge in [-0.25, -0.2) is 0 Å². The van der Waals surface area contributed by atoms with Gasteiger partial charge in [-0.05, 0) is 43.3 Å². The Morgan fingerprint density at radius 1 is 1.14 bits per heavy atom. The van der Waals surface area contributed by atoms with Gasteiger partial charge in [-0.2, -0.15) is 0 Å². The van der Waals surface area contributed by atoms with Gasteiger partial charge in [0, 0.05) is 16.3 Å². The van der Waals surface area contributed by atoms with Gasteiger partial charge in [-0.3, -0.25) is 14.6 Å². The molecule has 1 aromatic heterocycles. The van der Waals surface area contributed by atoms with Crippen LogP contribution in [0.3, 0.4) is 0 Å². The number of halogens is 1. The highest BCUT2D eigenvalue weighted by Crippen LogP contribution is 2.18. The molecular formula is C19H17ClN4O3S. The van der Waals surface area contributed by atoms with Crippen molar-refractivity contribution in [3.05, 3.63) is 63.9 Å². The Kier molecular flexibility index (Phi) is 6.67. The first-order valence-corrected chi connectivity index (χ1v) is 9.80. The third kappa shape index (κ3) is 5.34. The lowest BCUT2D eigenvalue weighted by molar-refractivity contribution is -0.113. The number of carbonyl (C=O) groups is 1. The molecule has 0 unspecified atom stereocenters. The molecule has 0 saturated carbocycles. The Labute approximate surface area is 170 Å². The van der Waals surface area contributed by atoms with Crippen LogP contribution in [0.25, 0.3) is 11.3 Å². The van der Waals surface area contributed by atoms with Crippen molar-refractivity contribution in [2.24, 2.45) is 0 Å². The highest BCUT2D eigenvalue weighted by Gasteiger charge is 2.10. The van der Waals surface area contributed by atoms with Crippen molar-refractivity contribution in [2.75, 3.05) is 17.7 Å². The summed E-state index contributed by atoms with van der Waals surface area (Å²) in [7, 11) is 0. The van der Waals surface area contributed by atoms with Crippen LogP contribution in [-0.4, -0.2) is 33.4 Å². The van der Waals surface area contributed by atoms with Crippen LogP contribution >= 0.6 is 23.4 Å². The monoisotopic (exact) mass is 416 g/mol. The summed E-state index contributed by atoms with van der Waals surface area (Å²) in [6, 6.07) is 13.8. The quantitative estimate of drug-likeness (QED) is 0.571. The highest BCUT2D eigenvalue weighted by atomic mass is 35.5. The molecule has 2 N–H and O–H groups in total. The SMILES string of the molecule is CCOc1ccc(NC(=O)CSc2nnc(-c3ccc(Cl)cc3)c(=O)[nH]2)cc1. The van der Waals surface area contributed by atoms with Crippen molar-refractivity contribution in [3.8, 4) is 17.0 Å². The zero-order valence-electron chi connectivity index (χ0n) is 14.9. The molecule has 0 saturated heterocycles. The summed E-state index contributed by atoms with van der Waals surface area (Å²) in [6.07, 6.45) is 0. The first-order chi connectivity index (χ1) is 13.5. The van der Waals surface area contributed by atoms with Crippen LogP contribution < -0.4 is 15.6 Å². The van der Waals surface area contributed by atoms with Crippen LogP contribution in [0.5, 0.6) is 5.75 Å². The predicted octanol–water partition coefficient (Wildman–Crippen LogP) is 3.61. The number of ether oxygens (including phenoxy) is 1. The van der Waals surface area contributed by atoms with Gasteiger partial charge >= 0.3 is 0 Å². The Morgan fingerprint density at radius 3 is 2.50 bits per heavy atom. The summed E-state index contributed by atoms with van der Waals surface area (Å²) in [5.74, 6) is 0.597. The van der Waals surface area contributed by atoms with Gasteiger partial charge < -0.3 is 10.1 Å². The maximum atomic E-state index is 12.2. The molecule has 144 valence electrons. The standard InChI is InChI=1S/C19H17ClN4O3S/c1-2-27-15-9-7-14(8-10-15)21-16(25)11-28-19-22-18(26)17(23-24-19)12-3-5-13(20)6-4-12/h3-10H,2,11H2,1H3,(H,21,25)(H,22,24,26). The van der Waals surface area contributed by atoms with E-state index >= 15 is 0 Å². The second-order valence-corrected chi connectivity index (χ2v) is 7.01. The van der Waals surface area contributed by atoms with Gasteiger partial charge in [0.25, 0.3) is 5.56 Å². The van der Waals surface area contributed by atoms with Crippen molar-refractivity contribution >= 4 is 35.0 Å². The molecule has 0 aliphatic rings. The van der Waals surface area contributed by atoms with Gasteiger partial charge in [0.1, 0.15) is 5.75 Å². The van der Waals surface area contributed by atoms with E-state index in [0.29, 0.717) is 22.9 Å². The number of hydrogen-bond donors (Lipinski definition) is 2. The molecule has 0 bridgehead atoms. The summed E-state index contributed by atoms with van der Waals surface area (Å²) in [5.41, 5.74) is 1.08. The minimum Gasteiger partial charge on any atom is -0.494 e. The lowest BCUT2D eigenvalue weighted by atomic mass is 10.2. The number of benzene rings is 2. The average Bonchev–Trinajstić information content (AvgIpc) is 2.69. The smallest absolute Gasteiger partial charge is 0.278 e. The van der Waals surface area contributed by atoms with Crippen LogP contribution in [0, 0.1) is 0 Å². The zero-order chi connectivity index (χ0) is 19.9.